The van der Waals surface area contributed by atoms with E-state index < -0.39 is 12.0 Å². The van der Waals surface area contributed by atoms with Gasteiger partial charge in [0.05, 0.1) is 0 Å². The third kappa shape index (κ3) is 2.30. The molecule has 2 atom stereocenters. The zero-order valence-electron chi connectivity index (χ0n) is 11.0. The first-order chi connectivity index (χ1) is 10.0. The van der Waals surface area contributed by atoms with Gasteiger partial charge in [-0.1, -0.05) is 11.8 Å². The van der Waals surface area contributed by atoms with Crippen molar-refractivity contribution in [2.24, 2.45) is 12.8 Å². The highest BCUT2D eigenvalue weighted by Gasteiger charge is 2.51. The van der Waals surface area contributed by atoms with Gasteiger partial charge in [-0.05, 0) is 16.0 Å². The number of fused-ring (bicyclic) bond motifs is 1. The molecule has 1 aromatic heterocycles. The standard InChI is InChI=1S/C10H12N6O3S2/c1-15-10(12-13-14-15)21-3-4-2-20-8-5(11)7(17)16(8)6(4)9(18)19/h5,8H,2-3,11H2,1H3,(H,18,19)/t5-,8-/m0/s1. The predicted molar refractivity (Wildman–Crippen MR) is 75.3 cm³/mol. The van der Waals surface area contributed by atoms with E-state index in [-0.39, 0.29) is 17.0 Å². The molecule has 0 radical (unpaired) electrons. The summed E-state index contributed by atoms with van der Waals surface area (Å²) in [5, 5.41) is 20.8. The lowest BCUT2D eigenvalue weighted by Crippen LogP contribution is -2.68. The van der Waals surface area contributed by atoms with Crippen LogP contribution in [0.4, 0.5) is 0 Å². The van der Waals surface area contributed by atoms with Gasteiger partial charge >= 0.3 is 5.97 Å². The van der Waals surface area contributed by atoms with Crippen molar-refractivity contribution in [1.82, 2.24) is 25.1 Å². The molecule has 0 spiro atoms. The number of β-lactam (4-membered cyclic amide) rings is 1. The smallest absolute Gasteiger partial charge is 0.352 e. The lowest BCUT2D eigenvalue weighted by molar-refractivity contribution is -0.147. The molecule has 2 aliphatic rings. The fraction of sp³-hybridized carbons (Fsp3) is 0.500. The van der Waals surface area contributed by atoms with Gasteiger partial charge < -0.3 is 10.8 Å². The zero-order valence-corrected chi connectivity index (χ0v) is 12.6. The average molecular weight is 328 g/mol. The van der Waals surface area contributed by atoms with E-state index in [1.807, 2.05) is 0 Å². The van der Waals surface area contributed by atoms with Crippen molar-refractivity contribution in [2.75, 3.05) is 11.5 Å². The Hall–Kier alpha value is -1.59. The topological polar surface area (TPSA) is 127 Å². The Labute approximate surface area is 127 Å². The van der Waals surface area contributed by atoms with Gasteiger partial charge in [0.2, 0.25) is 11.1 Å². The second-order valence-electron chi connectivity index (χ2n) is 4.57. The molecule has 3 N–H and O–H groups in total. The molecular weight excluding hydrogens is 316 g/mol. The average Bonchev–Trinajstić information content (AvgIpc) is 2.88. The van der Waals surface area contributed by atoms with Crippen LogP contribution in [0.2, 0.25) is 0 Å². The predicted octanol–water partition coefficient (Wildman–Crippen LogP) is -1.12. The van der Waals surface area contributed by atoms with E-state index in [2.05, 4.69) is 15.5 Å². The molecule has 11 heteroatoms. The molecule has 0 saturated carbocycles. The molecule has 3 heterocycles. The SMILES string of the molecule is Cn1nnnc1SCC1=C(C(=O)O)N2C(=O)[C@H](N)[C@@H]2SC1. The van der Waals surface area contributed by atoms with E-state index in [1.54, 1.807) is 7.05 Å². The van der Waals surface area contributed by atoms with E-state index in [9.17, 15) is 14.7 Å². The monoisotopic (exact) mass is 328 g/mol. The first kappa shape index (κ1) is 14.4. The van der Waals surface area contributed by atoms with Crippen molar-refractivity contribution in [1.29, 1.82) is 0 Å². The van der Waals surface area contributed by atoms with Crippen LogP contribution in [0.3, 0.4) is 0 Å². The number of nitrogens with zero attached hydrogens (tertiary/aromatic N) is 5. The van der Waals surface area contributed by atoms with Gasteiger partial charge in [-0.25, -0.2) is 9.48 Å². The minimum absolute atomic E-state index is 0.0491. The molecule has 0 aromatic carbocycles. The number of thioether (sulfide) groups is 2. The molecule has 1 fully saturated rings. The van der Waals surface area contributed by atoms with Crippen molar-refractivity contribution in [3.63, 3.8) is 0 Å². The fourth-order valence-corrected chi connectivity index (χ4v) is 4.47. The highest BCUT2D eigenvalue weighted by Crippen LogP contribution is 2.40. The first-order valence-electron chi connectivity index (χ1n) is 6.01. The number of aromatic nitrogens is 4. The van der Waals surface area contributed by atoms with Crippen LogP contribution in [0.15, 0.2) is 16.4 Å². The molecule has 1 aromatic rings. The second kappa shape index (κ2) is 5.31. The number of hydrogen-bond donors (Lipinski definition) is 2. The Morgan fingerprint density at radius 3 is 3.00 bits per heavy atom. The number of hydrogen-bond acceptors (Lipinski definition) is 8. The van der Waals surface area contributed by atoms with Crippen LogP contribution < -0.4 is 5.73 Å². The van der Waals surface area contributed by atoms with Crippen LogP contribution in [0, 0.1) is 0 Å². The van der Waals surface area contributed by atoms with E-state index in [4.69, 9.17) is 5.73 Å². The highest BCUT2D eigenvalue weighted by atomic mass is 32.2. The zero-order chi connectivity index (χ0) is 15.1. The summed E-state index contributed by atoms with van der Waals surface area (Å²) in [4.78, 5) is 24.6. The highest BCUT2D eigenvalue weighted by molar-refractivity contribution is 8.01. The van der Waals surface area contributed by atoms with Gasteiger partial charge in [0, 0.05) is 18.6 Å². The lowest BCUT2D eigenvalue weighted by atomic mass is 10.0. The second-order valence-corrected chi connectivity index (χ2v) is 6.61. The van der Waals surface area contributed by atoms with E-state index in [0.29, 0.717) is 22.2 Å². The maximum Gasteiger partial charge on any atom is 0.352 e. The van der Waals surface area contributed by atoms with Crippen LogP contribution >= 0.6 is 23.5 Å². The molecule has 112 valence electrons. The van der Waals surface area contributed by atoms with Gasteiger partial charge in [-0.2, -0.15) is 0 Å². The number of carboxylic acids is 1. The number of aryl methyl sites for hydroxylation is 1. The summed E-state index contributed by atoms with van der Waals surface area (Å²) in [6.45, 7) is 0. The van der Waals surface area contributed by atoms with E-state index >= 15 is 0 Å². The summed E-state index contributed by atoms with van der Waals surface area (Å²) < 4.78 is 1.51. The summed E-state index contributed by atoms with van der Waals surface area (Å²) in [6.07, 6.45) is 0. The molecule has 0 aliphatic carbocycles. The third-order valence-electron chi connectivity index (χ3n) is 3.25. The number of carbonyl (C=O) groups is 2. The number of nitrogens with two attached hydrogens (primary N) is 1. The summed E-state index contributed by atoms with van der Waals surface area (Å²) >= 11 is 2.82. The number of carboxylic acid groups (broad SMARTS) is 1. The quantitative estimate of drug-likeness (QED) is 0.522. The minimum atomic E-state index is -1.10. The van der Waals surface area contributed by atoms with Gasteiger partial charge in [-0.15, -0.1) is 16.9 Å². The first-order valence-corrected chi connectivity index (χ1v) is 8.05. The molecule has 21 heavy (non-hydrogen) atoms. The Morgan fingerprint density at radius 1 is 1.62 bits per heavy atom. The van der Waals surface area contributed by atoms with E-state index in [1.165, 1.54) is 33.1 Å². The molecule has 9 nitrogen and oxygen atoms in total. The Morgan fingerprint density at radius 2 is 2.38 bits per heavy atom. The van der Waals surface area contributed by atoms with Gasteiger partial charge in [0.15, 0.2) is 0 Å². The third-order valence-corrected chi connectivity index (χ3v) is 5.71. The molecule has 1 amide bonds. The van der Waals surface area contributed by atoms with Crippen LogP contribution in [0.5, 0.6) is 0 Å². The maximum absolute atomic E-state index is 11.8. The number of tetrazole rings is 1. The molecule has 0 bridgehead atoms. The maximum atomic E-state index is 11.8. The fourth-order valence-electron chi connectivity index (χ4n) is 2.19. The lowest BCUT2D eigenvalue weighted by Gasteiger charge is -2.48. The van der Waals surface area contributed by atoms with Crippen molar-refractivity contribution >= 4 is 35.4 Å². The summed E-state index contributed by atoms with van der Waals surface area (Å²) in [6, 6.07) is -0.610. The molecule has 2 aliphatic heterocycles. The van der Waals surface area contributed by atoms with Crippen molar-refractivity contribution in [3.8, 4) is 0 Å². The Bertz CT molecular complexity index is 644. The van der Waals surface area contributed by atoms with Gasteiger partial charge in [0.25, 0.3) is 0 Å². The Balaban J connectivity index is 1.83. The van der Waals surface area contributed by atoms with Crippen LogP contribution in [0.1, 0.15) is 0 Å². The van der Waals surface area contributed by atoms with E-state index in [0.717, 1.165) is 0 Å². The van der Waals surface area contributed by atoms with Crippen molar-refractivity contribution < 1.29 is 14.7 Å². The number of rotatable bonds is 4. The largest absolute Gasteiger partial charge is 0.477 e. The number of carbonyl (C=O) groups excluding carboxylic acids is 1. The van der Waals surface area contributed by atoms with Crippen LogP contribution in [0.25, 0.3) is 0 Å². The molecular formula is C10H12N6O3S2. The molecule has 0 unspecified atom stereocenters. The summed E-state index contributed by atoms with van der Waals surface area (Å²) in [5.74, 6) is -0.504. The Kier molecular flexibility index (Phi) is 3.63. The van der Waals surface area contributed by atoms with Crippen LogP contribution in [-0.2, 0) is 16.6 Å². The number of amides is 1. The molecule has 1 saturated heterocycles. The molecule has 3 rings (SSSR count). The number of aliphatic carboxylic acids is 1. The van der Waals surface area contributed by atoms with Gasteiger partial charge in [0.1, 0.15) is 17.1 Å². The van der Waals surface area contributed by atoms with Crippen molar-refractivity contribution in [3.05, 3.63) is 11.3 Å². The minimum Gasteiger partial charge on any atom is -0.477 e. The van der Waals surface area contributed by atoms with Crippen LogP contribution in [-0.4, -0.2) is 65.0 Å². The normalized spacial score (nSPS) is 24.9. The van der Waals surface area contributed by atoms with Gasteiger partial charge in [-0.3, -0.25) is 9.69 Å². The summed E-state index contributed by atoms with van der Waals surface area (Å²) in [5.41, 5.74) is 6.42. The van der Waals surface area contributed by atoms with Crippen molar-refractivity contribution in [2.45, 2.75) is 16.6 Å². The summed E-state index contributed by atoms with van der Waals surface area (Å²) in [7, 11) is 1.71.